The topological polar surface area (TPSA) is 76.5 Å². The van der Waals surface area contributed by atoms with Gasteiger partial charge in [0.05, 0.1) is 12.2 Å². The summed E-state index contributed by atoms with van der Waals surface area (Å²) in [6.07, 6.45) is 0.931. The molecular weight excluding hydrogens is 278 g/mol. The van der Waals surface area contributed by atoms with Crippen molar-refractivity contribution in [3.8, 4) is 5.75 Å². The molecule has 4 nitrogen and oxygen atoms in total. The minimum Gasteiger partial charge on any atom is -0.508 e. The zero-order valence-corrected chi connectivity index (χ0v) is 12.1. The number of benzene rings is 2. The lowest BCUT2D eigenvalue weighted by atomic mass is 9.98. The van der Waals surface area contributed by atoms with Crippen molar-refractivity contribution in [2.45, 2.75) is 25.0 Å². The second-order valence-electron chi connectivity index (χ2n) is 5.57. The van der Waals surface area contributed by atoms with Crippen molar-refractivity contribution in [1.29, 1.82) is 0 Å². The average Bonchev–Trinajstić information content (AvgIpc) is 2.93. The summed E-state index contributed by atoms with van der Waals surface area (Å²) in [4.78, 5) is 3.17. The number of hydrogen-bond donors (Lipinski definition) is 4. The Labute approximate surface area is 128 Å². The van der Waals surface area contributed by atoms with Gasteiger partial charge in [0.2, 0.25) is 0 Å². The third kappa shape index (κ3) is 3.13. The summed E-state index contributed by atoms with van der Waals surface area (Å²) in [5.41, 5.74) is 2.90. The molecule has 1 heterocycles. The molecule has 22 heavy (non-hydrogen) atoms. The highest BCUT2D eigenvalue weighted by atomic mass is 16.3. The Morgan fingerprint density at radius 2 is 1.55 bits per heavy atom. The summed E-state index contributed by atoms with van der Waals surface area (Å²) in [6, 6.07) is 14.5. The molecule has 0 amide bonds. The van der Waals surface area contributed by atoms with Crippen LogP contribution in [0.2, 0.25) is 0 Å². The van der Waals surface area contributed by atoms with E-state index in [0.29, 0.717) is 12.8 Å². The van der Waals surface area contributed by atoms with E-state index in [9.17, 15) is 15.3 Å². The summed E-state index contributed by atoms with van der Waals surface area (Å²) >= 11 is 0. The molecule has 0 aliphatic rings. The lowest BCUT2D eigenvalue weighted by Gasteiger charge is -2.17. The number of aromatic amines is 1. The molecular formula is C18H19NO3. The van der Waals surface area contributed by atoms with Crippen molar-refractivity contribution >= 4 is 10.9 Å². The normalized spacial score (nSPS) is 14.1. The van der Waals surface area contributed by atoms with E-state index in [1.165, 1.54) is 0 Å². The molecule has 1 aromatic heterocycles. The van der Waals surface area contributed by atoms with Crippen LogP contribution in [-0.2, 0) is 12.8 Å². The van der Waals surface area contributed by atoms with Gasteiger partial charge < -0.3 is 20.3 Å². The minimum atomic E-state index is -0.849. The minimum absolute atomic E-state index is 0.192. The second kappa shape index (κ2) is 6.22. The van der Waals surface area contributed by atoms with Crippen LogP contribution in [0.4, 0.5) is 0 Å². The number of phenolic OH excluding ortho intramolecular Hbond substituents is 1. The van der Waals surface area contributed by atoms with Crippen molar-refractivity contribution in [2.24, 2.45) is 0 Å². The molecule has 0 aliphatic carbocycles. The van der Waals surface area contributed by atoms with Gasteiger partial charge in [-0.05, 0) is 29.3 Å². The zero-order valence-electron chi connectivity index (χ0n) is 12.1. The van der Waals surface area contributed by atoms with Gasteiger partial charge in [0.1, 0.15) is 5.75 Å². The first-order valence-electron chi connectivity index (χ1n) is 7.32. The van der Waals surface area contributed by atoms with Crippen LogP contribution in [0.25, 0.3) is 10.9 Å². The van der Waals surface area contributed by atoms with E-state index in [-0.39, 0.29) is 5.75 Å². The highest BCUT2D eigenvalue weighted by Gasteiger charge is 2.18. The van der Waals surface area contributed by atoms with Crippen LogP contribution in [0.15, 0.2) is 54.7 Å². The molecule has 2 atom stereocenters. The van der Waals surface area contributed by atoms with Gasteiger partial charge in [-0.3, -0.25) is 0 Å². The predicted molar refractivity (Wildman–Crippen MR) is 85.8 cm³/mol. The molecule has 0 spiro atoms. The van der Waals surface area contributed by atoms with Crippen molar-refractivity contribution in [1.82, 2.24) is 4.98 Å². The van der Waals surface area contributed by atoms with Crippen LogP contribution in [0.5, 0.6) is 5.75 Å². The van der Waals surface area contributed by atoms with Crippen molar-refractivity contribution in [2.75, 3.05) is 0 Å². The van der Waals surface area contributed by atoms with E-state index in [0.717, 1.165) is 22.0 Å². The van der Waals surface area contributed by atoms with Crippen LogP contribution in [-0.4, -0.2) is 32.5 Å². The smallest absolute Gasteiger partial charge is 0.115 e. The maximum atomic E-state index is 10.3. The standard InChI is InChI=1S/C18H19NO3/c20-14-7-5-12(6-8-14)9-17(21)18(22)10-13-11-19-16-4-2-1-3-15(13)16/h1-8,11,17-22H,9-10H2/t17-,18?/m0/s1. The van der Waals surface area contributed by atoms with Gasteiger partial charge >= 0.3 is 0 Å². The fourth-order valence-electron chi connectivity index (χ4n) is 2.67. The van der Waals surface area contributed by atoms with Crippen molar-refractivity contribution in [3.63, 3.8) is 0 Å². The monoisotopic (exact) mass is 297 g/mol. The maximum Gasteiger partial charge on any atom is 0.115 e. The molecule has 3 rings (SSSR count). The third-order valence-electron chi connectivity index (χ3n) is 3.93. The van der Waals surface area contributed by atoms with Gasteiger partial charge in [-0.1, -0.05) is 30.3 Å². The number of aromatic hydroxyl groups is 1. The number of aliphatic hydroxyl groups excluding tert-OH is 2. The van der Waals surface area contributed by atoms with Gasteiger partial charge in [-0.15, -0.1) is 0 Å². The first-order chi connectivity index (χ1) is 10.6. The number of fused-ring (bicyclic) bond motifs is 1. The van der Waals surface area contributed by atoms with Crippen LogP contribution in [0.3, 0.4) is 0 Å². The Kier molecular flexibility index (Phi) is 4.13. The third-order valence-corrected chi connectivity index (χ3v) is 3.93. The molecule has 0 radical (unpaired) electrons. The van der Waals surface area contributed by atoms with Gasteiger partial charge in [-0.2, -0.15) is 0 Å². The van der Waals surface area contributed by atoms with E-state index >= 15 is 0 Å². The lowest BCUT2D eigenvalue weighted by Crippen LogP contribution is -2.29. The fourth-order valence-corrected chi connectivity index (χ4v) is 2.67. The molecule has 0 saturated carbocycles. The number of rotatable bonds is 5. The lowest BCUT2D eigenvalue weighted by molar-refractivity contribution is 0.0208. The Morgan fingerprint density at radius 1 is 0.864 bits per heavy atom. The predicted octanol–water partition coefficient (Wildman–Crippen LogP) is 2.38. The Hall–Kier alpha value is -2.30. The molecule has 4 N–H and O–H groups in total. The number of para-hydroxylation sites is 1. The maximum absolute atomic E-state index is 10.3. The number of hydrogen-bond acceptors (Lipinski definition) is 3. The second-order valence-corrected chi connectivity index (χ2v) is 5.57. The number of H-pyrrole nitrogens is 1. The molecule has 114 valence electrons. The summed E-state index contributed by atoms with van der Waals surface area (Å²) in [5.74, 6) is 0.192. The van der Waals surface area contributed by atoms with Crippen molar-refractivity contribution < 1.29 is 15.3 Å². The molecule has 0 saturated heterocycles. The largest absolute Gasteiger partial charge is 0.508 e. The molecule has 0 aliphatic heterocycles. The Morgan fingerprint density at radius 3 is 2.32 bits per heavy atom. The van der Waals surface area contributed by atoms with E-state index in [2.05, 4.69) is 4.98 Å². The molecule has 1 unspecified atom stereocenters. The van der Waals surface area contributed by atoms with Crippen LogP contribution < -0.4 is 0 Å². The van der Waals surface area contributed by atoms with Crippen molar-refractivity contribution in [3.05, 3.63) is 65.9 Å². The Balaban J connectivity index is 1.68. The summed E-state index contributed by atoms with van der Waals surface area (Å²) in [6.45, 7) is 0. The molecule has 2 aromatic carbocycles. The highest BCUT2D eigenvalue weighted by molar-refractivity contribution is 5.83. The van der Waals surface area contributed by atoms with Crippen LogP contribution in [0, 0.1) is 0 Å². The molecule has 3 aromatic rings. The first kappa shape index (κ1) is 14.6. The zero-order chi connectivity index (χ0) is 15.5. The Bertz CT molecular complexity index is 748. The number of phenols is 1. The van der Waals surface area contributed by atoms with Gasteiger partial charge in [0.15, 0.2) is 0 Å². The average molecular weight is 297 g/mol. The van der Waals surface area contributed by atoms with Crippen LogP contribution >= 0.6 is 0 Å². The number of aromatic nitrogens is 1. The number of aliphatic hydroxyl groups is 2. The number of nitrogens with one attached hydrogen (secondary N) is 1. The highest BCUT2D eigenvalue weighted by Crippen LogP contribution is 2.20. The molecule has 0 bridgehead atoms. The SMILES string of the molecule is Oc1ccc(C[C@H](O)C(O)Cc2c[nH]c3ccccc23)cc1. The van der Waals surface area contributed by atoms with E-state index < -0.39 is 12.2 Å². The summed E-state index contributed by atoms with van der Waals surface area (Å²) in [5, 5.41) is 30.8. The first-order valence-corrected chi connectivity index (χ1v) is 7.32. The molecule has 4 heteroatoms. The van der Waals surface area contributed by atoms with Gasteiger partial charge in [0, 0.05) is 29.9 Å². The summed E-state index contributed by atoms with van der Waals surface area (Å²) in [7, 11) is 0. The van der Waals surface area contributed by atoms with Gasteiger partial charge in [-0.25, -0.2) is 0 Å². The van der Waals surface area contributed by atoms with E-state index in [4.69, 9.17) is 0 Å². The summed E-state index contributed by atoms with van der Waals surface area (Å²) < 4.78 is 0. The fraction of sp³-hybridized carbons (Fsp3) is 0.222. The molecule has 0 fully saturated rings. The van der Waals surface area contributed by atoms with E-state index in [1.807, 2.05) is 30.5 Å². The van der Waals surface area contributed by atoms with E-state index in [1.54, 1.807) is 24.3 Å². The van der Waals surface area contributed by atoms with Crippen LogP contribution in [0.1, 0.15) is 11.1 Å². The quantitative estimate of drug-likeness (QED) is 0.584. The van der Waals surface area contributed by atoms with Gasteiger partial charge in [0.25, 0.3) is 0 Å².